The Balaban J connectivity index is 1.97. The highest BCUT2D eigenvalue weighted by atomic mass is 32.2. The molecule has 0 radical (unpaired) electrons. The van der Waals surface area contributed by atoms with Crippen molar-refractivity contribution in [3.63, 3.8) is 0 Å². The molecule has 6 nitrogen and oxygen atoms in total. The molecule has 0 saturated carbocycles. The van der Waals surface area contributed by atoms with E-state index in [2.05, 4.69) is 33.7 Å². The van der Waals surface area contributed by atoms with Crippen LogP contribution in [0.5, 0.6) is 0 Å². The number of hydrogen-bond donors (Lipinski definition) is 1. The summed E-state index contributed by atoms with van der Waals surface area (Å²) >= 11 is 0. The minimum absolute atomic E-state index is 0.0121. The monoisotopic (exact) mass is 362 g/mol. The maximum atomic E-state index is 12.2. The normalized spacial score (nSPS) is 11.3. The third-order valence-corrected chi connectivity index (χ3v) is 4.99. The van der Waals surface area contributed by atoms with E-state index < -0.39 is 10.0 Å². The highest BCUT2D eigenvalue weighted by Gasteiger charge is 2.13. The van der Waals surface area contributed by atoms with Crippen LogP contribution in [-0.2, 0) is 16.4 Å². The fraction of sp³-hybridized carbons (Fsp3) is 0.444. The number of sulfonamides is 1. The predicted molar refractivity (Wildman–Crippen MR) is 102 cm³/mol. The minimum Gasteiger partial charge on any atom is -0.355 e. The van der Waals surface area contributed by atoms with Gasteiger partial charge >= 0.3 is 0 Å². The third-order valence-electron chi connectivity index (χ3n) is 3.72. The fourth-order valence-electron chi connectivity index (χ4n) is 2.54. The molecule has 7 heteroatoms. The quantitative estimate of drug-likeness (QED) is 0.703. The summed E-state index contributed by atoms with van der Waals surface area (Å²) in [5.74, 6) is 1.04. The fourth-order valence-corrected chi connectivity index (χ4v) is 3.57. The van der Waals surface area contributed by atoms with Gasteiger partial charge in [0.2, 0.25) is 10.0 Å². The van der Waals surface area contributed by atoms with E-state index >= 15 is 0 Å². The number of benzene rings is 1. The molecule has 1 heterocycles. The lowest BCUT2D eigenvalue weighted by Gasteiger charge is -2.21. The van der Waals surface area contributed by atoms with Crippen LogP contribution in [0.4, 0.5) is 11.6 Å². The SMILES string of the molecule is CCCN(CCC)c1ccc(NS(=O)(=O)CCc2ccccc2)nn1. The molecule has 1 aromatic carbocycles. The van der Waals surface area contributed by atoms with E-state index in [0.717, 1.165) is 37.3 Å². The lowest BCUT2D eigenvalue weighted by atomic mass is 10.2. The molecule has 0 bridgehead atoms. The smallest absolute Gasteiger partial charge is 0.234 e. The number of nitrogens with one attached hydrogen (secondary N) is 1. The van der Waals surface area contributed by atoms with E-state index in [-0.39, 0.29) is 11.6 Å². The van der Waals surface area contributed by atoms with Gasteiger partial charge in [0.15, 0.2) is 11.6 Å². The van der Waals surface area contributed by atoms with E-state index in [0.29, 0.717) is 6.42 Å². The van der Waals surface area contributed by atoms with Gasteiger partial charge in [-0.1, -0.05) is 44.2 Å². The molecular weight excluding hydrogens is 336 g/mol. The molecule has 0 atom stereocenters. The van der Waals surface area contributed by atoms with Crippen LogP contribution in [0.1, 0.15) is 32.3 Å². The van der Waals surface area contributed by atoms with Gasteiger partial charge in [0.1, 0.15) is 0 Å². The average Bonchev–Trinajstić information content (AvgIpc) is 2.61. The summed E-state index contributed by atoms with van der Waals surface area (Å²) in [6.45, 7) is 6.05. The first-order chi connectivity index (χ1) is 12.0. The first-order valence-electron chi connectivity index (χ1n) is 8.67. The number of aryl methyl sites for hydroxylation is 1. The van der Waals surface area contributed by atoms with Crippen molar-refractivity contribution in [1.29, 1.82) is 0 Å². The van der Waals surface area contributed by atoms with Crippen LogP contribution in [0, 0.1) is 0 Å². The Labute approximate surface area is 150 Å². The van der Waals surface area contributed by atoms with Crippen molar-refractivity contribution in [3.05, 3.63) is 48.0 Å². The van der Waals surface area contributed by atoms with Gasteiger partial charge < -0.3 is 4.90 Å². The Bertz CT molecular complexity index is 727. The predicted octanol–water partition coefficient (Wildman–Crippen LogP) is 3.09. The lowest BCUT2D eigenvalue weighted by Crippen LogP contribution is -2.26. The highest BCUT2D eigenvalue weighted by Crippen LogP contribution is 2.14. The van der Waals surface area contributed by atoms with Crippen LogP contribution in [0.25, 0.3) is 0 Å². The number of aromatic nitrogens is 2. The summed E-state index contributed by atoms with van der Waals surface area (Å²) in [6.07, 6.45) is 2.51. The van der Waals surface area contributed by atoms with E-state index in [4.69, 9.17) is 0 Å². The van der Waals surface area contributed by atoms with E-state index in [1.54, 1.807) is 6.07 Å². The molecule has 0 amide bonds. The van der Waals surface area contributed by atoms with Crippen LogP contribution < -0.4 is 9.62 Å². The lowest BCUT2D eigenvalue weighted by molar-refractivity contribution is 0.600. The van der Waals surface area contributed by atoms with E-state index in [1.807, 2.05) is 36.4 Å². The molecule has 2 rings (SSSR count). The molecule has 0 spiro atoms. The largest absolute Gasteiger partial charge is 0.355 e. The molecular formula is C18H26N4O2S. The topological polar surface area (TPSA) is 75.2 Å². The van der Waals surface area contributed by atoms with E-state index in [9.17, 15) is 8.42 Å². The number of hydrogen-bond acceptors (Lipinski definition) is 5. The van der Waals surface area contributed by atoms with Crippen LogP contribution in [-0.4, -0.2) is 37.5 Å². The second-order valence-electron chi connectivity index (χ2n) is 5.92. The summed E-state index contributed by atoms with van der Waals surface area (Å²) in [4.78, 5) is 2.15. The zero-order chi connectivity index (χ0) is 18.1. The Morgan fingerprint density at radius 3 is 2.20 bits per heavy atom. The third kappa shape index (κ3) is 6.34. The maximum Gasteiger partial charge on any atom is 0.234 e. The second kappa shape index (κ2) is 9.36. The van der Waals surface area contributed by atoms with E-state index in [1.165, 1.54) is 0 Å². The van der Waals surface area contributed by atoms with Gasteiger partial charge in [0.05, 0.1) is 5.75 Å². The standard InChI is InChI=1S/C18H26N4O2S/c1-3-13-22(14-4-2)18-11-10-17(19-20-18)21-25(23,24)15-12-16-8-6-5-7-9-16/h5-11H,3-4,12-15H2,1-2H3,(H,19,21). The molecule has 0 saturated heterocycles. The molecule has 1 N–H and O–H groups in total. The Hall–Kier alpha value is -2.15. The van der Waals surface area contributed by atoms with Gasteiger partial charge in [-0.05, 0) is 37.0 Å². The Kier molecular flexibility index (Phi) is 7.18. The zero-order valence-electron chi connectivity index (χ0n) is 14.9. The molecule has 136 valence electrons. The van der Waals surface area contributed by atoms with Crippen LogP contribution >= 0.6 is 0 Å². The minimum atomic E-state index is -3.45. The van der Waals surface area contributed by atoms with Crippen molar-refractivity contribution in [2.45, 2.75) is 33.1 Å². The van der Waals surface area contributed by atoms with Gasteiger partial charge in [-0.3, -0.25) is 4.72 Å². The van der Waals surface area contributed by atoms with Crippen LogP contribution in [0.15, 0.2) is 42.5 Å². The van der Waals surface area contributed by atoms with Crippen molar-refractivity contribution < 1.29 is 8.42 Å². The molecule has 0 aliphatic carbocycles. The van der Waals surface area contributed by atoms with Gasteiger partial charge in [0.25, 0.3) is 0 Å². The summed E-state index contributed by atoms with van der Waals surface area (Å²) < 4.78 is 26.9. The Morgan fingerprint density at radius 2 is 1.64 bits per heavy atom. The van der Waals surface area contributed by atoms with Crippen molar-refractivity contribution in [2.24, 2.45) is 0 Å². The maximum absolute atomic E-state index is 12.2. The summed E-state index contributed by atoms with van der Waals surface area (Å²) in [7, 11) is -3.45. The van der Waals surface area contributed by atoms with Gasteiger partial charge in [-0.15, -0.1) is 10.2 Å². The van der Waals surface area contributed by atoms with Gasteiger partial charge in [0, 0.05) is 13.1 Å². The molecule has 2 aromatic rings. The second-order valence-corrected chi connectivity index (χ2v) is 7.76. The van der Waals surface area contributed by atoms with Crippen molar-refractivity contribution in [2.75, 3.05) is 28.5 Å². The average molecular weight is 362 g/mol. The molecule has 25 heavy (non-hydrogen) atoms. The number of rotatable bonds is 10. The van der Waals surface area contributed by atoms with Crippen molar-refractivity contribution in [3.8, 4) is 0 Å². The van der Waals surface area contributed by atoms with Crippen LogP contribution in [0.2, 0.25) is 0 Å². The molecule has 1 aromatic heterocycles. The molecule has 0 aliphatic heterocycles. The Morgan fingerprint density at radius 1 is 0.960 bits per heavy atom. The van der Waals surface area contributed by atoms with Gasteiger partial charge in [-0.25, -0.2) is 8.42 Å². The molecule has 0 unspecified atom stereocenters. The number of anilines is 2. The van der Waals surface area contributed by atoms with Crippen LogP contribution in [0.3, 0.4) is 0 Å². The summed E-state index contributed by atoms with van der Waals surface area (Å²) in [5.41, 5.74) is 0.990. The summed E-state index contributed by atoms with van der Waals surface area (Å²) in [6, 6.07) is 13.0. The summed E-state index contributed by atoms with van der Waals surface area (Å²) in [5, 5.41) is 8.19. The van der Waals surface area contributed by atoms with Crippen molar-refractivity contribution >= 4 is 21.7 Å². The zero-order valence-corrected chi connectivity index (χ0v) is 15.7. The number of nitrogens with zero attached hydrogens (tertiary/aromatic N) is 3. The highest BCUT2D eigenvalue weighted by molar-refractivity contribution is 7.92. The van der Waals surface area contributed by atoms with Gasteiger partial charge in [-0.2, -0.15) is 0 Å². The molecule has 0 aliphatic rings. The van der Waals surface area contributed by atoms with Crippen molar-refractivity contribution in [1.82, 2.24) is 10.2 Å². The first-order valence-corrected chi connectivity index (χ1v) is 10.3. The first kappa shape index (κ1) is 19.2. The molecule has 0 fully saturated rings.